The first-order chi connectivity index (χ1) is 10.8. The fourth-order valence-electron chi connectivity index (χ4n) is 2.01. The van der Waals surface area contributed by atoms with E-state index >= 15 is 0 Å². The highest BCUT2D eigenvalue weighted by atomic mass is 32.1. The Bertz CT molecular complexity index is 767. The second-order valence-electron chi connectivity index (χ2n) is 4.63. The summed E-state index contributed by atoms with van der Waals surface area (Å²) in [6.07, 6.45) is 1.23. The van der Waals surface area contributed by atoms with Crippen LogP contribution >= 0.6 is 11.3 Å². The number of aryl methyl sites for hydroxylation is 1. The highest BCUT2D eigenvalue weighted by Gasteiger charge is 2.15. The summed E-state index contributed by atoms with van der Waals surface area (Å²) < 4.78 is 7.28. The molecule has 0 bridgehead atoms. The van der Waals surface area contributed by atoms with E-state index in [0.717, 1.165) is 11.4 Å². The van der Waals surface area contributed by atoms with Crippen molar-refractivity contribution in [3.05, 3.63) is 52.8 Å². The fourth-order valence-corrected chi connectivity index (χ4v) is 2.79. The summed E-state index contributed by atoms with van der Waals surface area (Å²) in [7, 11) is 0. The molecule has 2 aromatic heterocycles. The van der Waals surface area contributed by atoms with Crippen LogP contribution in [0, 0.1) is 6.92 Å². The van der Waals surface area contributed by atoms with E-state index in [2.05, 4.69) is 15.3 Å². The summed E-state index contributed by atoms with van der Waals surface area (Å²) in [6, 6.07) is 9.54. The number of carbonyl (C=O) groups excluding carboxylic acids is 1. The lowest BCUT2D eigenvalue weighted by Crippen LogP contribution is -2.09. The molecule has 0 aliphatic rings. The predicted octanol–water partition coefficient (Wildman–Crippen LogP) is 2.47. The molecule has 0 saturated carbocycles. The molecule has 0 aliphatic heterocycles. The Kier molecular flexibility index (Phi) is 4.24. The van der Waals surface area contributed by atoms with Crippen LogP contribution < -0.4 is 4.74 Å². The zero-order valence-electron chi connectivity index (χ0n) is 12.0. The van der Waals surface area contributed by atoms with Gasteiger partial charge in [-0.2, -0.15) is 4.68 Å². The number of aromatic nitrogens is 4. The maximum atomic E-state index is 11.1. The first kappa shape index (κ1) is 14.4. The molecule has 22 heavy (non-hydrogen) atoms. The minimum absolute atomic E-state index is 0.324. The molecule has 0 amide bonds. The number of nitrogens with zero attached hydrogens (tertiary/aromatic N) is 4. The van der Waals surface area contributed by atoms with Gasteiger partial charge < -0.3 is 4.74 Å². The van der Waals surface area contributed by atoms with Gasteiger partial charge in [-0.05, 0) is 19.1 Å². The lowest BCUT2D eigenvalue weighted by atomic mass is 10.2. The molecule has 0 aliphatic carbocycles. The Balaban J connectivity index is 1.77. The van der Waals surface area contributed by atoms with E-state index in [1.54, 1.807) is 4.68 Å². The third kappa shape index (κ3) is 3.04. The number of carbonyl (C=O) groups is 1. The highest BCUT2D eigenvalue weighted by molar-refractivity contribution is 7.12. The van der Waals surface area contributed by atoms with Crippen molar-refractivity contribution in [2.75, 3.05) is 6.61 Å². The van der Waals surface area contributed by atoms with Gasteiger partial charge in [0.2, 0.25) is 5.13 Å². The zero-order chi connectivity index (χ0) is 15.4. The van der Waals surface area contributed by atoms with Crippen LogP contribution in [0.2, 0.25) is 0 Å². The van der Waals surface area contributed by atoms with Crippen LogP contribution in [-0.4, -0.2) is 32.9 Å². The Morgan fingerprint density at radius 2 is 2.14 bits per heavy atom. The number of hydrogen-bond donors (Lipinski definition) is 0. The number of thiazole rings is 1. The van der Waals surface area contributed by atoms with Crippen LogP contribution in [0.5, 0.6) is 5.75 Å². The summed E-state index contributed by atoms with van der Waals surface area (Å²) in [4.78, 5) is 15.5. The average Bonchev–Trinajstić information content (AvgIpc) is 3.14. The van der Waals surface area contributed by atoms with Gasteiger partial charge in [0.25, 0.3) is 0 Å². The molecule has 0 radical (unpaired) electrons. The molecule has 0 unspecified atom stereocenters. The molecule has 2 heterocycles. The normalized spacial score (nSPS) is 10.6. The Hall–Kier alpha value is -2.54. The highest BCUT2D eigenvalue weighted by Crippen LogP contribution is 2.17. The Morgan fingerprint density at radius 1 is 1.32 bits per heavy atom. The van der Waals surface area contributed by atoms with Crippen LogP contribution in [0.1, 0.15) is 21.9 Å². The van der Waals surface area contributed by atoms with Crippen molar-refractivity contribution in [1.29, 1.82) is 0 Å². The smallest absolute Gasteiger partial charge is 0.212 e. The average molecular weight is 314 g/mol. The largest absolute Gasteiger partial charge is 0.493 e. The fraction of sp³-hybridized carbons (Fsp3) is 0.200. The zero-order valence-corrected chi connectivity index (χ0v) is 12.8. The number of benzene rings is 1. The first-order valence-corrected chi connectivity index (χ1v) is 7.66. The van der Waals surface area contributed by atoms with E-state index in [0.29, 0.717) is 35.8 Å². The summed E-state index contributed by atoms with van der Waals surface area (Å²) in [5, 5.41) is 10.6. The number of para-hydroxylation sites is 1. The molecule has 3 aromatic rings. The number of rotatable bonds is 6. The SMILES string of the molecule is Cc1csc(-n2nnc(C=O)c2CCOc2ccccc2)n1. The number of aldehydes is 1. The van der Waals surface area contributed by atoms with E-state index in [-0.39, 0.29) is 0 Å². The molecule has 0 N–H and O–H groups in total. The Labute approximate surface area is 131 Å². The van der Waals surface area contributed by atoms with Crippen molar-refractivity contribution in [2.24, 2.45) is 0 Å². The van der Waals surface area contributed by atoms with Crippen LogP contribution in [0.15, 0.2) is 35.7 Å². The lowest BCUT2D eigenvalue weighted by Gasteiger charge is -2.06. The molecule has 0 spiro atoms. The summed E-state index contributed by atoms with van der Waals surface area (Å²) in [5.74, 6) is 0.791. The standard InChI is InChI=1S/C15H14N4O2S/c1-11-10-22-15(16-11)19-14(13(9-20)17-18-19)7-8-21-12-5-3-2-4-6-12/h2-6,9-10H,7-8H2,1H3. The number of hydrogen-bond acceptors (Lipinski definition) is 6. The topological polar surface area (TPSA) is 69.9 Å². The van der Waals surface area contributed by atoms with Crippen molar-refractivity contribution in [3.63, 3.8) is 0 Å². The van der Waals surface area contributed by atoms with E-state index in [1.807, 2.05) is 42.6 Å². The molecule has 1 aromatic carbocycles. The minimum atomic E-state index is 0.324. The third-order valence-corrected chi connectivity index (χ3v) is 3.98. The summed E-state index contributed by atoms with van der Waals surface area (Å²) >= 11 is 1.46. The van der Waals surface area contributed by atoms with Gasteiger partial charge in [-0.15, -0.1) is 16.4 Å². The van der Waals surface area contributed by atoms with E-state index < -0.39 is 0 Å². The van der Waals surface area contributed by atoms with Crippen LogP contribution in [0.3, 0.4) is 0 Å². The van der Waals surface area contributed by atoms with Crippen molar-refractivity contribution < 1.29 is 9.53 Å². The second kappa shape index (κ2) is 6.48. The lowest BCUT2D eigenvalue weighted by molar-refractivity contribution is 0.111. The van der Waals surface area contributed by atoms with Crippen LogP contribution in [-0.2, 0) is 6.42 Å². The molecule has 6 nitrogen and oxygen atoms in total. The van der Waals surface area contributed by atoms with Crippen molar-refractivity contribution in [1.82, 2.24) is 20.0 Å². The van der Waals surface area contributed by atoms with Gasteiger partial charge in [-0.3, -0.25) is 4.79 Å². The number of ether oxygens (including phenoxy) is 1. The van der Waals surface area contributed by atoms with Gasteiger partial charge in [0.15, 0.2) is 6.29 Å². The monoisotopic (exact) mass is 314 g/mol. The molecule has 0 fully saturated rings. The molecule has 7 heteroatoms. The Morgan fingerprint density at radius 3 is 2.82 bits per heavy atom. The van der Waals surface area contributed by atoms with Gasteiger partial charge >= 0.3 is 0 Å². The first-order valence-electron chi connectivity index (χ1n) is 6.78. The molecule has 112 valence electrons. The molecular weight excluding hydrogens is 300 g/mol. The minimum Gasteiger partial charge on any atom is -0.493 e. The maximum absolute atomic E-state index is 11.1. The van der Waals surface area contributed by atoms with Crippen LogP contribution in [0.25, 0.3) is 5.13 Å². The van der Waals surface area contributed by atoms with E-state index in [1.165, 1.54) is 11.3 Å². The third-order valence-electron chi connectivity index (χ3n) is 3.04. The predicted molar refractivity (Wildman–Crippen MR) is 82.8 cm³/mol. The van der Waals surface area contributed by atoms with E-state index in [4.69, 9.17) is 4.74 Å². The van der Waals surface area contributed by atoms with Gasteiger partial charge in [0.1, 0.15) is 11.4 Å². The summed E-state index contributed by atoms with van der Waals surface area (Å²) in [5.41, 5.74) is 1.94. The van der Waals surface area contributed by atoms with Crippen molar-refractivity contribution >= 4 is 17.6 Å². The molecule has 3 rings (SSSR count). The quantitative estimate of drug-likeness (QED) is 0.654. The van der Waals surface area contributed by atoms with Crippen molar-refractivity contribution in [2.45, 2.75) is 13.3 Å². The van der Waals surface area contributed by atoms with Crippen molar-refractivity contribution in [3.8, 4) is 10.9 Å². The van der Waals surface area contributed by atoms with E-state index in [9.17, 15) is 4.79 Å². The van der Waals surface area contributed by atoms with Gasteiger partial charge in [-0.1, -0.05) is 23.4 Å². The maximum Gasteiger partial charge on any atom is 0.212 e. The molecule has 0 saturated heterocycles. The van der Waals surface area contributed by atoms with Gasteiger partial charge in [0.05, 0.1) is 18.0 Å². The summed E-state index contributed by atoms with van der Waals surface area (Å²) in [6.45, 7) is 2.35. The van der Waals surface area contributed by atoms with Gasteiger partial charge in [-0.25, -0.2) is 4.98 Å². The van der Waals surface area contributed by atoms with Gasteiger partial charge in [0, 0.05) is 11.8 Å². The second-order valence-corrected chi connectivity index (χ2v) is 5.47. The molecular formula is C15H14N4O2S. The van der Waals surface area contributed by atoms with Crippen LogP contribution in [0.4, 0.5) is 0 Å². The molecule has 0 atom stereocenters.